The summed E-state index contributed by atoms with van der Waals surface area (Å²) < 4.78 is -0.128. The molecule has 0 amide bonds. The van der Waals surface area contributed by atoms with Crippen molar-refractivity contribution >= 4 is 5.97 Å². The van der Waals surface area contributed by atoms with Crippen LogP contribution in [-0.2, 0) is 4.79 Å². The number of hydrogen-bond acceptors (Lipinski definition) is 3. The van der Waals surface area contributed by atoms with Crippen LogP contribution >= 0.6 is 0 Å². The van der Waals surface area contributed by atoms with E-state index in [0.717, 1.165) is 32.2 Å². The third-order valence-corrected chi connectivity index (χ3v) is 6.69. The molecule has 0 spiro atoms. The first kappa shape index (κ1) is 41.6. The Balaban J connectivity index is -0.000000623. The number of carboxylic acids is 1. The molecule has 4 nitrogen and oxygen atoms in total. The summed E-state index contributed by atoms with van der Waals surface area (Å²) in [5, 5.41) is 21.5. The second-order valence-electron chi connectivity index (χ2n) is 11.2. The van der Waals surface area contributed by atoms with Gasteiger partial charge in [0.15, 0.2) is 0 Å². The van der Waals surface area contributed by atoms with Gasteiger partial charge >= 0.3 is 29.6 Å². The van der Waals surface area contributed by atoms with Crippen LogP contribution in [0.25, 0.3) is 0 Å². The number of carbonyl (C=O) groups excluding carboxylic acids is 1. The number of carbonyl (C=O) groups is 1. The number of carboxylic acid groups (broad SMARTS) is 1. The zero-order valence-electron chi connectivity index (χ0n) is 26.0. The molecule has 37 heavy (non-hydrogen) atoms. The van der Waals surface area contributed by atoms with Crippen LogP contribution in [0.4, 0.5) is 0 Å². The number of allylic oxidation sites excluding steroid dienone is 2. The fourth-order valence-corrected chi connectivity index (χ4v) is 4.32. The molecule has 0 aromatic carbocycles. The minimum absolute atomic E-state index is 0. The van der Waals surface area contributed by atoms with Crippen molar-refractivity contribution < 1.29 is 44.1 Å². The van der Waals surface area contributed by atoms with Gasteiger partial charge in [0.1, 0.15) is 0 Å². The van der Waals surface area contributed by atoms with E-state index in [1.165, 1.54) is 122 Å². The number of aliphatic carboxylic acids is 1. The fraction of sp³-hybridized carbons (Fsp3) is 0.906. The van der Waals surface area contributed by atoms with Gasteiger partial charge in [-0.15, -0.1) is 0 Å². The average Bonchev–Trinajstić information content (AvgIpc) is 2.82. The van der Waals surface area contributed by atoms with E-state index in [0.29, 0.717) is 0 Å². The summed E-state index contributed by atoms with van der Waals surface area (Å²) in [6.45, 7) is 5.29. The number of hydrogen-bond donors (Lipinski definition) is 0. The minimum Gasteiger partial charge on any atom is -0.633 e. The summed E-state index contributed by atoms with van der Waals surface area (Å²) >= 11 is 0. The van der Waals surface area contributed by atoms with E-state index in [4.69, 9.17) is 0 Å². The van der Waals surface area contributed by atoms with Gasteiger partial charge in [-0.25, -0.2) is 0 Å². The van der Waals surface area contributed by atoms with E-state index in [2.05, 4.69) is 26.0 Å². The van der Waals surface area contributed by atoms with Crippen molar-refractivity contribution in [3.05, 3.63) is 17.4 Å². The second kappa shape index (κ2) is 34.2. The Hall–Kier alpha value is 0.130. The summed E-state index contributed by atoms with van der Waals surface area (Å²) in [5.74, 6) is -0.914. The molecule has 0 radical (unpaired) electrons. The van der Waals surface area contributed by atoms with Gasteiger partial charge in [-0.05, 0) is 51.4 Å². The van der Waals surface area contributed by atoms with E-state index >= 15 is 0 Å². The largest absolute Gasteiger partial charge is 1.00 e. The molecule has 0 rings (SSSR count). The molecule has 0 aliphatic rings. The second-order valence-corrected chi connectivity index (χ2v) is 11.2. The summed E-state index contributed by atoms with van der Waals surface area (Å²) in [7, 11) is 3.46. The number of unbranched alkanes of at least 4 members (excludes halogenated alkanes) is 20. The van der Waals surface area contributed by atoms with Crippen molar-refractivity contribution in [2.45, 2.75) is 168 Å². The van der Waals surface area contributed by atoms with E-state index in [1.807, 2.05) is 0 Å². The first-order valence-corrected chi connectivity index (χ1v) is 15.7. The number of quaternary nitrogens is 1. The molecule has 216 valence electrons. The summed E-state index contributed by atoms with van der Waals surface area (Å²) in [5.41, 5.74) is 0. The first-order valence-electron chi connectivity index (χ1n) is 15.7. The number of nitrogens with zero attached hydrogens (tertiary/aromatic N) is 1. The van der Waals surface area contributed by atoms with Gasteiger partial charge in [0.2, 0.25) is 0 Å². The van der Waals surface area contributed by atoms with Gasteiger partial charge < -0.3 is 19.8 Å². The average molecular weight is 534 g/mol. The van der Waals surface area contributed by atoms with Crippen LogP contribution in [0, 0.1) is 5.21 Å². The first-order chi connectivity index (χ1) is 17.3. The third kappa shape index (κ3) is 46.4. The van der Waals surface area contributed by atoms with Crippen LogP contribution in [0.2, 0.25) is 0 Å². The predicted octanol–water partition coefficient (Wildman–Crippen LogP) is 6.26. The van der Waals surface area contributed by atoms with Crippen LogP contribution in [0.1, 0.15) is 168 Å². The Morgan fingerprint density at radius 1 is 0.568 bits per heavy atom. The Morgan fingerprint density at radius 3 is 1.24 bits per heavy atom. The number of hydroxylamine groups is 3. The van der Waals surface area contributed by atoms with Crippen molar-refractivity contribution in [3.63, 3.8) is 0 Å². The SMILES string of the molecule is CCCCCCCCC=CCCCCCCCC(=O)[O-].CCCCCCCCCCCC[N+](C)(C)[O-].[Na+]. The topological polar surface area (TPSA) is 63.2 Å². The molecule has 0 aliphatic heterocycles. The van der Waals surface area contributed by atoms with Gasteiger partial charge in [0, 0.05) is 5.97 Å². The molecule has 0 aliphatic carbocycles. The molecule has 0 fully saturated rings. The predicted molar refractivity (Wildman–Crippen MR) is 157 cm³/mol. The Morgan fingerprint density at radius 2 is 0.892 bits per heavy atom. The minimum atomic E-state index is -0.914. The zero-order chi connectivity index (χ0) is 27.2. The standard InChI is InChI=1S/C18H34O2.C14H31NO.Na/c1-2-3-4-5-6-7-8-9-10-11-12-13-14-15-16-17-18(19)20;1-4-5-6-7-8-9-10-11-12-13-14-15(2,3)16;/h9-10H,2-8,11-17H2,1H3,(H,19,20);4-14H2,1-3H3;/q;;+1/p-1. The van der Waals surface area contributed by atoms with Gasteiger partial charge in [-0.1, -0.05) is 129 Å². The van der Waals surface area contributed by atoms with Crippen LogP contribution < -0.4 is 34.7 Å². The maximum atomic E-state index is 11.3. The molecule has 0 N–H and O–H groups in total. The molecule has 0 unspecified atom stereocenters. The molecule has 0 saturated carbocycles. The summed E-state index contributed by atoms with van der Waals surface area (Å²) in [4.78, 5) is 10.2. The number of rotatable bonds is 26. The van der Waals surface area contributed by atoms with Crippen molar-refractivity contribution in [2.24, 2.45) is 0 Å². The Kier molecular flexibility index (Phi) is 38.4. The molecule has 0 heterocycles. The quantitative estimate of drug-likeness (QED) is 0.0433. The summed E-state index contributed by atoms with van der Waals surface area (Å²) in [6, 6.07) is 0. The Bertz CT molecular complexity index is 463. The maximum Gasteiger partial charge on any atom is 1.00 e. The van der Waals surface area contributed by atoms with Crippen molar-refractivity contribution in [2.75, 3.05) is 20.6 Å². The van der Waals surface area contributed by atoms with E-state index in [9.17, 15) is 15.1 Å². The molecular formula is C32H64NNaO3. The zero-order valence-corrected chi connectivity index (χ0v) is 28.0. The smallest absolute Gasteiger partial charge is 0.633 e. The van der Waals surface area contributed by atoms with Crippen LogP contribution in [0.5, 0.6) is 0 Å². The van der Waals surface area contributed by atoms with Gasteiger partial charge in [-0.3, -0.25) is 0 Å². The molecule has 0 aromatic heterocycles. The maximum absolute atomic E-state index is 11.3. The van der Waals surface area contributed by atoms with Crippen LogP contribution in [0.3, 0.4) is 0 Å². The fourth-order valence-electron chi connectivity index (χ4n) is 4.32. The molecule has 5 heteroatoms. The molecular weight excluding hydrogens is 469 g/mol. The van der Waals surface area contributed by atoms with Gasteiger partial charge in [0.05, 0.1) is 20.6 Å². The third-order valence-electron chi connectivity index (χ3n) is 6.69. The molecule has 0 aromatic rings. The summed E-state index contributed by atoms with van der Waals surface area (Å²) in [6.07, 6.45) is 34.3. The molecule has 0 saturated heterocycles. The molecule has 0 atom stereocenters. The van der Waals surface area contributed by atoms with Crippen LogP contribution in [-0.4, -0.2) is 31.3 Å². The monoisotopic (exact) mass is 533 g/mol. The van der Waals surface area contributed by atoms with Gasteiger partial charge in [0.25, 0.3) is 0 Å². The van der Waals surface area contributed by atoms with Gasteiger partial charge in [-0.2, -0.15) is 0 Å². The Labute approximate surface area is 254 Å². The van der Waals surface area contributed by atoms with E-state index in [-0.39, 0.29) is 40.6 Å². The normalized spacial score (nSPS) is 11.3. The van der Waals surface area contributed by atoms with E-state index < -0.39 is 5.97 Å². The van der Waals surface area contributed by atoms with Crippen molar-refractivity contribution in [1.82, 2.24) is 0 Å². The molecule has 0 bridgehead atoms. The van der Waals surface area contributed by atoms with Crippen molar-refractivity contribution in [1.29, 1.82) is 0 Å². The van der Waals surface area contributed by atoms with Crippen molar-refractivity contribution in [3.8, 4) is 0 Å². The van der Waals surface area contributed by atoms with Crippen LogP contribution in [0.15, 0.2) is 12.2 Å². The van der Waals surface area contributed by atoms with E-state index in [1.54, 1.807) is 14.1 Å².